The molecule has 0 radical (unpaired) electrons. The second kappa shape index (κ2) is 8.86. The van der Waals surface area contributed by atoms with Gasteiger partial charge in [-0.2, -0.15) is 0 Å². The molecule has 0 saturated heterocycles. The number of nitrogens with zero attached hydrogens (tertiary/aromatic N) is 4. The van der Waals surface area contributed by atoms with Gasteiger partial charge in [0.25, 0.3) is 0 Å². The molecule has 0 atom stereocenters. The van der Waals surface area contributed by atoms with Crippen LogP contribution in [0.25, 0.3) is 10.6 Å². The third-order valence-electron chi connectivity index (χ3n) is 5.44. The first-order valence-electron chi connectivity index (χ1n) is 10.9. The van der Waals surface area contributed by atoms with E-state index in [1.54, 1.807) is 17.5 Å². The summed E-state index contributed by atoms with van der Waals surface area (Å²) in [5, 5.41) is 13.9. The van der Waals surface area contributed by atoms with Gasteiger partial charge in [-0.25, -0.2) is 19.7 Å². The summed E-state index contributed by atoms with van der Waals surface area (Å²) in [5.74, 6) is 1.10. The van der Waals surface area contributed by atoms with Crippen LogP contribution in [0.3, 0.4) is 0 Å². The first-order valence-corrected chi connectivity index (χ1v) is 11.8. The van der Waals surface area contributed by atoms with Crippen LogP contribution in [0.2, 0.25) is 0 Å². The summed E-state index contributed by atoms with van der Waals surface area (Å²) in [6.45, 7) is 8.14. The fourth-order valence-electron chi connectivity index (χ4n) is 3.49. The van der Waals surface area contributed by atoms with Crippen LogP contribution in [0.15, 0.2) is 36.5 Å². The molecule has 0 spiro atoms. The molecule has 1 aromatic carbocycles. The predicted octanol–water partition coefficient (Wildman–Crippen LogP) is 6.06. The smallest absolute Gasteiger partial charge is 0.408 e. The van der Waals surface area contributed by atoms with E-state index in [9.17, 15) is 9.90 Å². The topological polar surface area (TPSA) is 91.2 Å². The zero-order valence-electron chi connectivity index (χ0n) is 18.9. The highest BCUT2D eigenvalue weighted by molar-refractivity contribution is 7.15. The maximum Gasteiger partial charge on any atom is 0.408 e. The highest BCUT2D eigenvalue weighted by Crippen LogP contribution is 2.45. The number of carbonyl (C=O) groups is 1. The van der Waals surface area contributed by atoms with Crippen LogP contribution in [-0.4, -0.2) is 36.6 Å². The second-order valence-electron chi connectivity index (χ2n) is 9.08. The molecule has 2 aromatic heterocycles. The van der Waals surface area contributed by atoms with Gasteiger partial charge in [-0.1, -0.05) is 19.1 Å². The molecule has 1 saturated carbocycles. The van der Waals surface area contributed by atoms with Crippen molar-refractivity contribution in [2.24, 2.45) is 0 Å². The zero-order valence-corrected chi connectivity index (χ0v) is 19.7. The lowest BCUT2D eigenvalue weighted by Crippen LogP contribution is -2.44. The fraction of sp³-hybridized carbons (Fsp3) is 0.417. The number of hydrogen-bond donors (Lipinski definition) is 2. The monoisotopic (exact) mass is 451 g/mol. The van der Waals surface area contributed by atoms with Crippen LogP contribution in [0.5, 0.6) is 0 Å². The number of anilines is 2. The summed E-state index contributed by atoms with van der Waals surface area (Å²) in [4.78, 5) is 28.1. The van der Waals surface area contributed by atoms with E-state index in [2.05, 4.69) is 17.2 Å². The van der Waals surface area contributed by atoms with Gasteiger partial charge in [0.2, 0.25) is 5.95 Å². The molecular formula is C24H29N5O2S. The minimum absolute atomic E-state index is 0.334. The minimum atomic E-state index is -0.926. The maximum absolute atomic E-state index is 11.6. The number of rotatable bonds is 7. The van der Waals surface area contributed by atoms with E-state index in [-0.39, 0.29) is 0 Å². The molecule has 2 heterocycles. The molecule has 0 aliphatic heterocycles. The van der Waals surface area contributed by atoms with Crippen LogP contribution >= 0.6 is 11.3 Å². The van der Waals surface area contributed by atoms with E-state index in [0.717, 1.165) is 33.3 Å². The number of benzene rings is 1. The van der Waals surface area contributed by atoms with Gasteiger partial charge < -0.3 is 10.4 Å². The molecule has 3 aromatic rings. The maximum atomic E-state index is 11.6. The van der Waals surface area contributed by atoms with Crippen molar-refractivity contribution in [3.63, 3.8) is 0 Å². The normalized spacial score (nSPS) is 13.8. The Balaban J connectivity index is 1.50. The Morgan fingerprint density at radius 1 is 1.19 bits per heavy atom. The van der Waals surface area contributed by atoms with Crippen LogP contribution < -0.4 is 5.32 Å². The Morgan fingerprint density at radius 2 is 1.91 bits per heavy atom. The Hall–Kier alpha value is -3.00. The molecular weight excluding hydrogens is 422 g/mol. The summed E-state index contributed by atoms with van der Waals surface area (Å²) in [5.41, 5.74) is 3.39. The molecule has 1 amide bonds. The van der Waals surface area contributed by atoms with Gasteiger partial charge in [0.05, 0.1) is 21.3 Å². The molecule has 8 heteroatoms. The lowest BCUT2D eigenvalue weighted by Gasteiger charge is -2.33. The lowest BCUT2D eigenvalue weighted by molar-refractivity contribution is 0.0955. The average Bonchev–Trinajstić information content (AvgIpc) is 3.50. The molecule has 0 unspecified atom stereocenters. The van der Waals surface area contributed by atoms with Crippen LogP contribution in [-0.2, 0) is 13.0 Å². The highest BCUT2D eigenvalue weighted by atomic mass is 32.1. The van der Waals surface area contributed by atoms with Gasteiger partial charge in [-0.05, 0) is 63.8 Å². The van der Waals surface area contributed by atoms with Crippen molar-refractivity contribution in [3.8, 4) is 10.6 Å². The van der Waals surface area contributed by atoms with Crippen molar-refractivity contribution in [3.05, 3.63) is 52.8 Å². The Bertz CT molecular complexity index is 1100. The standard InChI is InChI=1S/C24H29N5O2S/c1-5-19-28-20(16-8-9-16)21(32-19)18-12-13-25-22(27-18)26-17-10-6-15(7-11-17)14-29(23(30)31)24(2,3)4/h6-7,10-13,16H,5,8-9,14H2,1-4H3,(H,30,31)(H,25,26,27). The van der Waals surface area contributed by atoms with Crippen LogP contribution in [0.1, 0.15) is 62.7 Å². The molecule has 7 nitrogen and oxygen atoms in total. The van der Waals surface area contributed by atoms with Crippen LogP contribution in [0.4, 0.5) is 16.4 Å². The number of hydrogen-bond acceptors (Lipinski definition) is 6. The van der Waals surface area contributed by atoms with Gasteiger partial charge in [0, 0.05) is 29.9 Å². The Morgan fingerprint density at radius 3 is 2.50 bits per heavy atom. The summed E-state index contributed by atoms with van der Waals surface area (Å²) >= 11 is 1.73. The van der Waals surface area contributed by atoms with E-state index >= 15 is 0 Å². The van der Waals surface area contributed by atoms with Gasteiger partial charge in [0.1, 0.15) is 0 Å². The summed E-state index contributed by atoms with van der Waals surface area (Å²) in [6, 6.07) is 9.64. The van der Waals surface area contributed by atoms with Gasteiger partial charge in [-0.3, -0.25) is 4.90 Å². The van der Waals surface area contributed by atoms with Gasteiger partial charge in [-0.15, -0.1) is 11.3 Å². The van der Waals surface area contributed by atoms with Crippen molar-refractivity contribution in [1.29, 1.82) is 0 Å². The predicted molar refractivity (Wildman–Crippen MR) is 128 cm³/mol. The zero-order chi connectivity index (χ0) is 22.9. The first-order chi connectivity index (χ1) is 15.2. The molecule has 168 valence electrons. The average molecular weight is 452 g/mol. The first kappa shape index (κ1) is 22.2. The Labute approximate surface area is 192 Å². The molecule has 4 rings (SSSR count). The number of aryl methyl sites for hydroxylation is 1. The molecule has 1 aliphatic carbocycles. The second-order valence-corrected chi connectivity index (χ2v) is 10.2. The van der Waals surface area contributed by atoms with E-state index in [4.69, 9.17) is 9.97 Å². The highest BCUT2D eigenvalue weighted by Gasteiger charge is 2.30. The van der Waals surface area contributed by atoms with E-state index in [0.29, 0.717) is 18.4 Å². The van der Waals surface area contributed by atoms with Gasteiger partial charge in [0.15, 0.2) is 0 Å². The SMILES string of the molecule is CCc1nc(C2CC2)c(-c2ccnc(Nc3ccc(CN(C(=O)O)C(C)(C)C)cc3)n2)s1. The third-order valence-corrected chi connectivity index (χ3v) is 6.68. The third kappa shape index (κ3) is 5.07. The molecule has 0 bridgehead atoms. The number of amides is 1. The molecule has 1 fully saturated rings. The van der Waals surface area contributed by atoms with Gasteiger partial charge >= 0.3 is 6.09 Å². The molecule has 2 N–H and O–H groups in total. The van der Waals surface area contributed by atoms with E-state index < -0.39 is 11.6 Å². The molecule has 1 aliphatic rings. The fourth-order valence-corrected chi connectivity index (χ4v) is 4.55. The number of thiazole rings is 1. The number of carboxylic acid groups (broad SMARTS) is 1. The van der Waals surface area contributed by atoms with Crippen molar-refractivity contribution in [2.75, 3.05) is 5.32 Å². The summed E-state index contributed by atoms with van der Waals surface area (Å²) < 4.78 is 0. The number of nitrogens with one attached hydrogen (secondary N) is 1. The molecule has 32 heavy (non-hydrogen) atoms. The van der Waals surface area contributed by atoms with Crippen molar-refractivity contribution < 1.29 is 9.90 Å². The summed E-state index contributed by atoms with van der Waals surface area (Å²) in [7, 11) is 0. The van der Waals surface area contributed by atoms with E-state index in [1.165, 1.54) is 23.4 Å². The lowest BCUT2D eigenvalue weighted by atomic mass is 10.1. The Kier molecular flexibility index (Phi) is 6.15. The minimum Gasteiger partial charge on any atom is -0.465 e. The quantitative estimate of drug-likeness (QED) is 0.453. The van der Waals surface area contributed by atoms with E-state index in [1.807, 2.05) is 51.1 Å². The van der Waals surface area contributed by atoms with Crippen molar-refractivity contribution in [1.82, 2.24) is 19.9 Å². The number of aromatic nitrogens is 3. The van der Waals surface area contributed by atoms with Crippen LogP contribution in [0, 0.1) is 0 Å². The van der Waals surface area contributed by atoms with Crippen molar-refractivity contribution >= 4 is 29.1 Å². The van der Waals surface area contributed by atoms with Crippen molar-refractivity contribution in [2.45, 2.75) is 65.0 Å². The largest absolute Gasteiger partial charge is 0.465 e. The summed E-state index contributed by atoms with van der Waals surface area (Å²) in [6.07, 6.45) is 4.19.